The zero-order valence-corrected chi connectivity index (χ0v) is 32.0. The summed E-state index contributed by atoms with van der Waals surface area (Å²) in [5, 5.41) is 9.32. The molecule has 0 fully saturated rings. The number of aliphatic hydroxyl groups is 1. The molecule has 0 spiro atoms. The van der Waals surface area contributed by atoms with Crippen molar-refractivity contribution in [2.45, 2.75) is 214 Å². The molecular formula is C41H81NO5. The van der Waals surface area contributed by atoms with Gasteiger partial charge in [0.15, 0.2) is 0 Å². The van der Waals surface area contributed by atoms with E-state index in [4.69, 9.17) is 9.47 Å². The van der Waals surface area contributed by atoms with Gasteiger partial charge in [0.2, 0.25) is 0 Å². The van der Waals surface area contributed by atoms with Gasteiger partial charge in [-0.1, -0.05) is 143 Å². The van der Waals surface area contributed by atoms with E-state index in [0.717, 1.165) is 83.2 Å². The van der Waals surface area contributed by atoms with Crippen LogP contribution in [0, 0.1) is 5.92 Å². The monoisotopic (exact) mass is 668 g/mol. The van der Waals surface area contributed by atoms with Gasteiger partial charge < -0.3 is 19.5 Å². The molecule has 0 aliphatic rings. The maximum Gasteiger partial charge on any atom is 0.307 e. The van der Waals surface area contributed by atoms with Crippen LogP contribution in [0.3, 0.4) is 0 Å². The number of carbonyl (C=O) groups is 2. The second-order valence-corrected chi connectivity index (χ2v) is 14.6. The molecule has 0 saturated carbocycles. The Bertz CT molecular complexity index is 654. The first-order valence-electron chi connectivity index (χ1n) is 20.6. The molecule has 0 aliphatic carbocycles. The third-order valence-corrected chi connectivity index (χ3v) is 9.37. The molecule has 0 rings (SSSR count). The van der Waals surface area contributed by atoms with Gasteiger partial charge in [0.05, 0.1) is 13.0 Å². The number of ether oxygens (including phenoxy) is 2. The predicted molar refractivity (Wildman–Crippen MR) is 200 cm³/mol. The summed E-state index contributed by atoms with van der Waals surface area (Å²) in [6.07, 6.45) is 31.6. The SMILES string of the molecule is CCCCCCCCC(CCCCCCCC)OC(=O)CCCCCCCN(CCCO)CCC(=O)OCCCCCCCC(C)C. The van der Waals surface area contributed by atoms with Crippen molar-refractivity contribution in [2.75, 3.05) is 32.8 Å². The first kappa shape index (κ1) is 45.9. The van der Waals surface area contributed by atoms with Crippen LogP contribution < -0.4 is 0 Å². The van der Waals surface area contributed by atoms with Crippen LogP contribution in [0.25, 0.3) is 0 Å². The molecule has 0 atom stereocenters. The summed E-state index contributed by atoms with van der Waals surface area (Å²) >= 11 is 0. The van der Waals surface area contributed by atoms with E-state index < -0.39 is 0 Å². The van der Waals surface area contributed by atoms with Gasteiger partial charge in [-0.15, -0.1) is 0 Å². The second-order valence-electron chi connectivity index (χ2n) is 14.6. The van der Waals surface area contributed by atoms with E-state index in [1.54, 1.807) is 0 Å². The van der Waals surface area contributed by atoms with Gasteiger partial charge >= 0.3 is 11.9 Å². The Kier molecular flexibility index (Phi) is 35.3. The molecule has 280 valence electrons. The fraction of sp³-hybridized carbons (Fsp3) is 0.951. The molecule has 6 heteroatoms. The molecule has 1 N–H and O–H groups in total. The van der Waals surface area contributed by atoms with Gasteiger partial charge in [0.25, 0.3) is 0 Å². The van der Waals surface area contributed by atoms with Gasteiger partial charge in [-0.2, -0.15) is 0 Å². The third kappa shape index (κ3) is 34.5. The number of hydrogen-bond donors (Lipinski definition) is 1. The molecule has 0 aromatic rings. The molecule has 0 radical (unpaired) electrons. The van der Waals surface area contributed by atoms with Gasteiger partial charge in [0, 0.05) is 26.1 Å². The van der Waals surface area contributed by atoms with Crippen molar-refractivity contribution < 1.29 is 24.2 Å². The van der Waals surface area contributed by atoms with E-state index in [0.29, 0.717) is 26.0 Å². The van der Waals surface area contributed by atoms with Crippen LogP contribution in [0.15, 0.2) is 0 Å². The Morgan fingerprint density at radius 2 is 1.02 bits per heavy atom. The molecule has 0 aliphatic heterocycles. The van der Waals surface area contributed by atoms with Crippen LogP contribution in [0.4, 0.5) is 0 Å². The van der Waals surface area contributed by atoms with Crippen molar-refractivity contribution in [2.24, 2.45) is 5.92 Å². The van der Waals surface area contributed by atoms with E-state index in [9.17, 15) is 14.7 Å². The molecule has 6 nitrogen and oxygen atoms in total. The number of carbonyl (C=O) groups excluding carboxylic acids is 2. The van der Waals surface area contributed by atoms with E-state index in [-0.39, 0.29) is 24.6 Å². The molecule has 0 bridgehead atoms. The van der Waals surface area contributed by atoms with Gasteiger partial charge in [-0.25, -0.2) is 0 Å². The highest BCUT2D eigenvalue weighted by Crippen LogP contribution is 2.18. The summed E-state index contributed by atoms with van der Waals surface area (Å²) in [6, 6.07) is 0. The first-order valence-corrected chi connectivity index (χ1v) is 20.6. The highest BCUT2D eigenvalue weighted by atomic mass is 16.5. The van der Waals surface area contributed by atoms with Crippen LogP contribution in [0.1, 0.15) is 207 Å². The molecule has 0 aromatic heterocycles. The minimum absolute atomic E-state index is 0.00401. The number of hydrogen-bond acceptors (Lipinski definition) is 6. The average molecular weight is 668 g/mol. The minimum Gasteiger partial charge on any atom is -0.466 e. The van der Waals surface area contributed by atoms with E-state index >= 15 is 0 Å². The van der Waals surface area contributed by atoms with E-state index in [2.05, 4.69) is 32.6 Å². The average Bonchev–Trinajstić information content (AvgIpc) is 3.05. The quantitative estimate of drug-likeness (QED) is 0.0525. The van der Waals surface area contributed by atoms with Crippen molar-refractivity contribution >= 4 is 11.9 Å². The number of rotatable bonds is 37. The smallest absolute Gasteiger partial charge is 0.307 e. The second kappa shape index (κ2) is 36.1. The maximum absolute atomic E-state index is 12.7. The number of esters is 2. The molecule has 0 unspecified atom stereocenters. The summed E-state index contributed by atoms with van der Waals surface area (Å²) in [5.41, 5.74) is 0. The Morgan fingerprint density at radius 3 is 1.60 bits per heavy atom. The van der Waals surface area contributed by atoms with Crippen LogP contribution in [-0.4, -0.2) is 60.9 Å². The lowest BCUT2D eigenvalue weighted by atomic mass is 10.0. The van der Waals surface area contributed by atoms with Crippen LogP contribution in [0.2, 0.25) is 0 Å². The number of unbranched alkanes of at least 4 members (excludes halogenated alkanes) is 18. The molecule has 0 aromatic carbocycles. The lowest BCUT2D eigenvalue weighted by Gasteiger charge is -2.21. The normalized spacial score (nSPS) is 11.7. The first-order chi connectivity index (χ1) is 22.9. The Balaban J connectivity index is 4.14. The minimum atomic E-state index is -0.105. The van der Waals surface area contributed by atoms with Crippen LogP contribution >= 0.6 is 0 Å². The topological polar surface area (TPSA) is 76.1 Å². The maximum atomic E-state index is 12.7. The van der Waals surface area contributed by atoms with Crippen LogP contribution in [0.5, 0.6) is 0 Å². The largest absolute Gasteiger partial charge is 0.466 e. The van der Waals surface area contributed by atoms with Crippen molar-refractivity contribution in [1.82, 2.24) is 4.90 Å². The number of nitrogens with zero attached hydrogens (tertiary/aromatic N) is 1. The fourth-order valence-electron chi connectivity index (χ4n) is 6.27. The van der Waals surface area contributed by atoms with Gasteiger partial charge in [0.1, 0.15) is 6.10 Å². The van der Waals surface area contributed by atoms with Crippen molar-refractivity contribution in [3.05, 3.63) is 0 Å². The Morgan fingerprint density at radius 1 is 0.532 bits per heavy atom. The standard InChI is InChI=1S/C41H81NO5/c1-5-7-9-11-16-22-29-39(30-23-17-12-10-8-6-2)47-41(45)31-24-18-13-19-25-33-42(34-27-36-43)35-32-40(44)46-37-26-20-14-15-21-28-38(3)4/h38-39,43H,5-37H2,1-4H3. The Labute approximate surface area is 292 Å². The summed E-state index contributed by atoms with van der Waals surface area (Å²) < 4.78 is 11.5. The number of aliphatic hydroxyl groups excluding tert-OH is 1. The van der Waals surface area contributed by atoms with E-state index in [1.165, 1.54) is 103 Å². The van der Waals surface area contributed by atoms with Crippen LogP contribution in [-0.2, 0) is 19.1 Å². The highest BCUT2D eigenvalue weighted by Gasteiger charge is 2.14. The lowest BCUT2D eigenvalue weighted by Crippen LogP contribution is -2.29. The van der Waals surface area contributed by atoms with E-state index in [1.807, 2.05) is 0 Å². The zero-order chi connectivity index (χ0) is 34.6. The summed E-state index contributed by atoms with van der Waals surface area (Å²) in [7, 11) is 0. The highest BCUT2D eigenvalue weighted by molar-refractivity contribution is 5.69. The van der Waals surface area contributed by atoms with Gasteiger partial charge in [-0.3, -0.25) is 9.59 Å². The fourth-order valence-corrected chi connectivity index (χ4v) is 6.27. The predicted octanol–water partition coefficient (Wildman–Crippen LogP) is 11.4. The molecule has 0 heterocycles. The molecule has 47 heavy (non-hydrogen) atoms. The zero-order valence-electron chi connectivity index (χ0n) is 32.0. The molecular weight excluding hydrogens is 586 g/mol. The third-order valence-electron chi connectivity index (χ3n) is 9.37. The van der Waals surface area contributed by atoms with Crippen molar-refractivity contribution in [1.29, 1.82) is 0 Å². The summed E-state index contributed by atoms with van der Waals surface area (Å²) in [4.78, 5) is 27.2. The molecule has 0 amide bonds. The summed E-state index contributed by atoms with van der Waals surface area (Å²) in [6.45, 7) is 12.2. The van der Waals surface area contributed by atoms with Gasteiger partial charge in [-0.05, 0) is 63.8 Å². The summed E-state index contributed by atoms with van der Waals surface area (Å²) in [5.74, 6) is 0.676. The molecule has 0 saturated heterocycles. The van der Waals surface area contributed by atoms with Crippen molar-refractivity contribution in [3.63, 3.8) is 0 Å². The van der Waals surface area contributed by atoms with Crippen molar-refractivity contribution in [3.8, 4) is 0 Å². The Hall–Kier alpha value is -1.14. The lowest BCUT2D eigenvalue weighted by molar-refractivity contribution is -0.150.